The van der Waals surface area contributed by atoms with Crippen LogP contribution >= 0.6 is 22.7 Å². The van der Waals surface area contributed by atoms with E-state index < -0.39 is 11.1 Å². The van der Waals surface area contributed by atoms with Gasteiger partial charge in [-0.25, -0.2) is 9.97 Å². The largest absolute Gasteiger partial charge is 0.427 e. The molecule has 0 bridgehead atoms. The number of alkyl halides is 3. The van der Waals surface area contributed by atoms with Crippen LogP contribution in [0.15, 0.2) is 11.6 Å². The first-order valence-corrected chi connectivity index (χ1v) is 9.03. The molecule has 9 heteroatoms. The lowest BCUT2D eigenvalue weighted by atomic mass is 10.3. The third-order valence-corrected chi connectivity index (χ3v) is 5.61. The van der Waals surface area contributed by atoms with Gasteiger partial charge in [-0.15, -0.1) is 11.3 Å². The molecule has 1 fully saturated rings. The molecule has 0 saturated carbocycles. The summed E-state index contributed by atoms with van der Waals surface area (Å²) < 4.78 is 38.1. The van der Waals surface area contributed by atoms with Crippen LogP contribution in [0.1, 0.15) is 22.0 Å². The minimum atomic E-state index is -4.31. The molecular weight excluding hydrogens is 345 g/mol. The molecular formula is C14H17F3N4S2. The van der Waals surface area contributed by atoms with E-state index >= 15 is 0 Å². The number of rotatable bonds is 3. The van der Waals surface area contributed by atoms with Gasteiger partial charge in [-0.3, -0.25) is 4.90 Å². The average Bonchev–Trinajstić information content (AvgIpc) is 3.05. The van der Waals surface area contributed by atoms with Crippen LogP contribution in [0.3, 0.4) is 0 Å². The summed E-state index contributed by atoms with van der Waals surface area (Å²) in [4.78, 5) is 12.0. The number of halogens is 3. The van der Waals surface area contributed by atoms with Crippen LogP contribution in [0.2, 0.25) is 0 Å². The van der Waals surface area contributed by atoms with E-state index in [-0.39, 0.29) is 0 Å². The zero-order valence-corrected chi connectivity index (χ0v) is 14.3. The first-order valence-electron chi connectivity index (χ1n) is 7.33. The lowest BCUT2D eigenvalue weighted by Gasteiger charge is -2.20. The van der Waals surface area contributed by atoms with Crippen molar-refractivity contribution in [3.63, 3.8) is 0 Å². The highest BCUT2D eigenvalue weighted by atomic mass is 32.1. The summed E-state index contributed by atoms with van der Waals surface area (Å²) in [6.07, 6.45) is -2.47. The fourth-order valence-electron chi connectivity index (χ4n) is 2.57. The molecule has 0 aliphatic carbocycles. The standard InChI is InChI=1S/C14H17F3N4S2/c1-10-19-11(9-22-10)8-20-3-2-4-21(6-5-20)13-18-7-12(23-13)14(15,16)17/h7,9H,2-6,8H2,1H3. The Morgan fingerprint density at radius 2 is 2.04 bits per heavy atom. The molecule has 1 aliphatic heterocycles. The van der Waals surface area contributed by atoms with Gasteiger partial charge in [-0.1, -0.05) is 11.3 Å². The molecule has 1 aliphatic rings. The summed E-state index contributed by atoms with van der Waals surface area (Å²) in [6.45, 7) is 5.93. The minimum absolute atomic E-state index is 0.462. The van der Waals surface area contributed by atoms with E-state index in [4.69, 9.17) is 0 Å². The zero-order valence-electron chi connectivity index (χ0n) is 12.6. The fraction of sp³-hybridized carbons (Fsp3) is 0.571. The zero-order chi connectivity index (χ0) is 16.4. The molecule has 1 saturated heterocycles. The van der Waals surface area contributed by atoms with Crippen LogP contribution < -0.4 is 4.90 Å². The van der Waals surface area contributed by atoms with Gasteiger partial charge in [0.15, 0.2) is 5.13 Å². The quantitative estimate of drug-likeness (QED) is 0.835. The van der Waals surface area contributed by atoms with Crippen molar-refractivity contribution in [2.24, 2.45) is 0 Å². The Balaban J connectivity index is 1.61. The highest BCUT2D eigenvalue weighted by molar-refractivity contribution is 7.15. The third-order valence-electron chi connectivity index (χ3n) is 3.68. The van der Waals surface area contributed by atoms with Crippen LogP contribution in [0, 0.1) is 6.92 Å². The topological polar surface area (TPSA) is 32.3 Å². The molecule has 2 aromatic rings. The van der Waals surface area contributed by atoms with Crippen molar-refractivity contribution >= 4 is 27.8 Å². The SMILES string of the molecule is Cc1nc(CN2CCCN(c3ncc(C(F)(F)F)s3)CC2)cs1. The fourth-order valence-corrected chi connectivity index (χ4v) is 4.01. The van der Waals surface area contributed by atoms with E-state index in [1.807, 2.05) is 11.8 Å². The van der Waals surface area contributed by atoms with Crippen LogP contribution in [-0.2, 0) is 12.7 Å². The molecule has 126 valence electrons. The van der Waals surface area contributed by atoms with Crippen LogP contribution in [-0.4, -0.2) is 41.0 Å². The van der Waals surface area contributed by atoms with Crippen molar-refractivity contribution in [1.82, 2.24) is 14.9 Å². The molecule has 2 aromatic heterocycles. The summed E-state index contributed by atoms with van der Waals surface area (Å²) in [5.41, 5.74) is 1.06. The number of nitrogens with zero attached hydrogens (tertiary/aromatic N) is 4. The molecule has 0 radical (unpaired) electrons. The van der Waals surface area contributed by atoms with Gasteiger partial charge >= 0.3 is 6.18 Å². The van der Waals surface area contributed by atoms with Gasteiger partial charge < -0.3 is 4.90 Å². The average molecular weight is 362 g/mol. The van der Waals surface area contributed by atoms with Gasteiger partial charge in [0.2, 0.25) is 0 Å². The second-order valence-corrected chi connectivity index (χ2v) is 7.55. The summed E-state index contributed by atoms with van der Waals surface area (Å²) in [6, 6.07) is 0. The Bertz CT molecular complexity index is 652. The van der Waals surface area contributed by atoms with Gasteiger partial charge in [-0.05, 0) is 13.3 Å². The number of thiazole rings is 2. The van der Waals surface area contributed by atoms with E-state index in [1.54, 1.807) is 11.3 Å². The highest BCUT2D eigenvalue weighted by Gasteiger charge is 2.34. The van der Waals surface area contributed by atoms with Crippen molar-refractivity contribution in [2.45, 2.75) is 26.1 Å². The smallest absolute Gasteiger partial charge is 0.347 e. The maximum atomic E-state index is 12.7. The van der Waals surface area contributed by atoms with Crippen LogP contribution in [0.5, 0.6) is 0 Å². The van der Waals surface area contributed by atoms with Gasteiger partial charge in [0, 0.05) is 38.1 Å². The van der Waals surface area contributed by atoms with Gasteiger partial charge in [0.25, 0.3) is 0 Å². The molecule has 23 heavy (non-hydrogen) atoms. The normalized spacial score (nSPS) is 17.5. The minimum Gasteiger partial charge on any atom is -0.347 e. The number of hydrogen-bond acceptors (Lipinski definition) is 6. The second kappa shape index (κ2) is 6.74. The molecule has 3 heterocycles. The Morgan fingerprint density at radius 3 is 2.70 bits per heavy atom. The van der Waals surface area contributed by atoms with Crippen molar-refractivity contribution in [3.8, 4) is 0 Å². The summed E-state index contributed by atoms with van der Waals surface area (Å²) in [5, 5.41) is 3.58. The lowest BCUT2D eigenvalue weighted by molar-refractivity contribution is -0.134. The van der Waals surface area contributed by atoms with Crippen molar-refractivity contribution in [2.75, 3.05) is 31.1 Å². The summed E-state index contributed by atoms with van der Waals surface area (Å²) >= 11 is 2.36. The van der Waals surface area contributed by atoms with Crippen molar-refractivity contribution < 1.29 is 13.2 Å². The monoisotopic (exact) mass is 362 g/mol. The second-order valence-electron chi connectivity index (χ2n) is 5.48. The van der Waals surface area contributed by atoms with E-state index in [2.05, 4.69) is 20.2 Å². The Hall–Kier alpha value is -1.19. The number of hydrogen-bond donors (Lipinski definition) is 0. The first kappa shape index (κ1) is 16.7. The molecule has 0 spiro atoms. The van der Waals surface area contributed by atoms with Gasteiger partial charge in [0.1, 0.15) is 4.88 Å². The van der Waals surface area contributed by atoms with Gasteiger partial charge in [-0.2, -0.15) is 13.2 Å². The first-order chi connectivity index (χ1) is 10.9. The molecule has 0 unspecified atom stereocenters. The lowest BCUT2D eigenvalue weighted by Crippen LogP contribution is -2.30. The highest BCUT2D eigenvalue weighted by Crippen LogP contribution is 2.36. The molecule has 0 atom stereocenters. The molecule has 0 amide bonds. The van der Waals surface area contributed by atoms with Gasteiger partial charge in [0.05, 0.1) is 16.9 Å². The maximum Gasteiger partial charge on any atom is 0.427 e. The number of aromatic nitrogens is 2. The number of anilines is 1. The molecule has 3 rings (SSSR count). The van der Waals surface area contributed by atoms with E-state index in [9.17, 15) is 13.2 Å². The predicted octanol–water partition coefficient (Wildman–Crippen LogP) is 3.64. The van der Waals surface area contributed by atoms with Crippen molar-refractivity contribution in [3.05, 3.63) is 27.2 Å². The van der Waals surface area contributed by atoms with Crippen LogP contribution in [0.25, 0.3) is 0 Å². The third kappa shape index (κ3) is 4.21. The Labute approximate surface area is 140 Å². The van der Waals surface area contributed by atoms with Crippen molar-refractivity contribution in [1.29, 1.82) is 0 Å². The Kier molecular flexibility index (Phi) is 4.88. The molecule has 0 aromatic carbocycles. The predicted molar refractivity (Wildman–Crippen MR) is 86.1 cm³/mol. The molecule has 0 N–H and O–H groups in total. The van der Waals surface area contributed by atoms with E-state index in [0.717, 1.165) is 60.8 Å². The number of aryl methyl sites for hydroxylation is 1. The van der Waals surface area contributed by atoms with Crippen LogP contribution in [0.4, 0.5) is 18.3 Å². The molecule has 4 nitrogen and oxygen atoms in total. The maximum absolute atomic E-state index is 12.7. The summed E-state index contributed by atoms with van der Waals surface area (Å²) in [5.74, 6) is 0. The summed E-state index contributed by atoms with van der Waals surface area (Å²) in [7, 11) is 0. The Morgan fingerprint density at radius 1 is 1.22 bits per heavy atom. The van der Waals surface area contributed by atoms with E-state index in [0.29, 0.717) is 11.7 Å². The van der Waals surface area contributed by atoms with E-state index in [1.165, 1.54) is 0 Å².